The van der Waals surface area contributed by atoms with Crippen LogP contribution < -0.4 is 5.32 Å². The molecule has 110 valence electrons. The van der Waals surface area contributed by atoms with Crippen molar-refractivity contribution in [3.8, 4) is 0 Å². The molecule has 2 aliphatic carbocycles. The molecule has 2 unspecified atom stereocenters. The summed E-state index contributed by atoms with van der Waals surface area (Å²) in [4.78, 5) is 2.83. The molecule has 19 heavy (non-hydrogen) atoms. The fourth-order valence-electron chi connectivity index (χ4n) is 4.58. The van der Waals surface area contributed by atoms with E-state index in [9.17, 15) is 0 Å². The van der Waals surface area contributed by atoms with Gasteiger partial charge in [-0.2, -0.15) is 0 Å². The predicted octanol–water partition coefficient (Wildman–Crippen LogP) is 3.56. The molecule has 0 radical (unpaired) electrons. The average molecular weight is 264 g/mol. The molecule has 1 saturated heterocycles. The summed E-state index contributed by atoms with van der Waals surface area (Å²) < 4.78 is 0. The fraction of sp³-hybridized carbons (Fsp3) is 1.00. The first-order valence-corrected chi connectivity index (χ1v) is 8.87. The van der Waals surface area contributed by atoms with Crippen LogP contribution in [0, 0.1) is 5.92 Å². The molecule has 3 aliphatic rings. The van der Waals surface area contributed by atoms with Gasteiger partial charge in [0.1, 0.15) is 0 Å². The predicted molar refractivity (Wildman–Crippen MR) is 81.4 cm³/mol. The van der Waals surface area contributed by atoms with E-state index in [1.165, 1.54) is 77.3 Å². The van der Waals surface area contributed by atoms with Crippen LogP contribution in [0.15, 0.2) is 0 Å². The largest absolute Gasteiger partial charge is 0.310 e. The van der Waals surface area contributed by atoms with E-state index < -0.39 is 0 Å². The summed E-state index contributed by atoms with van der Waals surface area (Å²) in [6.07, 6.45) is 14.4. The number of likely N-dealkylation sites (tertiary alicyclic amines) is 1. The zero-order chi connectivity index (χ0) is 13.1. The van der Waals surface area contributed by atoms with E-state index in [4.69, 9.17) is 0 Å². The van der Waals surface area contributed by atoms with Crippen molar-refractivity contribution >= 4 is 0 Å². The number of rotatable bonds is 5. The minimum Gasteiger partial charge on any atom is -0.310 e. The summed E-state index contributed by atoms with van der Waals surface area (Å²) in [5.41, 5.74) is 0. The van der Waals surface area contributed by atoms with Crippen molar-refractivity contribution < 1.29 is 0 Å². The lowest BCUT2D eigenvalue weighted by molar-refractivity contribution is 0.0609. The molecule has 3 rings (SSSR count). The van der Waals surface area contributed by atoms with E-state index in [-0.39, 0.29) is 0 Å². The van der Waals surface area contributed by atoms with Crippen molar-refractivity contribution in [2.24, 2.45) is 5.92 Å². The number of nitrogens with zero attached hydrogens (tertiary/aromatic N) is 1. The number of hydrogen-bond acceptors (Lipinski definition) is 2. The van der Waals surface area contributed by atoms with Crippen molar-refractivity contribution in [3.63, 3.8) is 0 Å². The molecule has 2 saturated carbocycles. The van der Waals surface area contributed by atoms with E-state index in [1.807, 2.05) is 0 Å². The quantitative estimate of drug-likeness (QED) is 0.817. The molecular weight excluding hydrogens is 232 g/mol. The van der Waals surface area contributed by atoms with Gasteiger partial charge in [-0.15, -0.1) is 0 Å². The summed E-state index contributed by atoms with van der Waals surface area (Å²) in [7, 11) is 0. The summed E-state index contributed by atoms with van der Waals surface area (Å²) in [6, 6.07) is 2.52. The van der Waals surface area contributed by atoms with Gasteiger partial charge in [0.25, 0.3) is 0 Å². The maximum atomic E-state index is 3.96. The lowest BCUT2D eigenvalue weighted by Gasteiger charge is -2.45. The van der Waals surface area contributed by atoms with Gasteiger partial charge in [-0.1, -0.05) is 26.2 Å². The highest BCUT2D eigenvalue weighted by Gasteiger charge is 2.33. The Morgan fingerprint density at radius 1 is 0.947 bits per heavy atom. The molecule has 3 fully saturated rings. The Hall–Kier alpha value is -0.0800. The molecule has 0 spiro atoms. The van der Waals surface area contributed by atoms with Crippen molar-refractivity contribution in [2.75, 3.05) is 13.1 Å². The van der Waals surface area contributed by atoms with E-state index in [0.717, 1.165) is 24.0 Å². The summed E-state index contributed by atoms with van der Waals surface area (Å²) in [5, 5.41) is 3.96. The third kappa shape index (κ3) is 3.33. The molecule has 1 N–H and O–H groups in total. The minimum absolute atomic E-state index is 0.783. The third-order valence-corrected chi connectivity index (χ3v) is 5.86. The van der Waals surface area contributed by atoms with E-state index >= 15 is 0 Å². The zero-order valence-corrected chi connectivity index (χ0v) is 12.7. The van der Waals surface area contributed by atoms with Gasteiger partial charge >= 0.3 is 0 Å². The highest BCUT2D eigenvalue weighted by molar-refractivity contribution is 4.90. The van der Waals surface area contributed by atoms with Crippen LogP contribution in [0.25, 0.3) is 0 Å². The maximum absolute atomic E-state index is 3.96. The van der Waals surface area contributed by atoms with Crippen LogP contribution in [0.1, 0.15) is 71.1 Å². The second kappa shape index (κ2) is 6.58. The molecule has 2 heteroatoms. The molecule has 1 aliphatic heterocycles. The fourth-order valence-corrected chi connectivity index (χ4v) is 4.58. The van der Waals surface area contributed by atoms with Crippen LogP contribution in [0.5, 0.6) is 0 Å². The number of nitrogens with one attached hydrogen (secondary N) is 1. The summed E-state index contributed by atoms with van der Waals surface area (Å²) >= 11 is 0. The second-order valence-electron chi connectivity index (χ2n) is 7.15. The highest BCUT2D eigenvalue weighted by Crippen LogP contribution is 2.35. The van der Waals surface area contributed by atoms with Crippen molar-refractivity contribution in [2.45, 2.75) is 89.3 Å². The Kier molecular flexibility index (Phi) is 4.81. The third-order valence-electron chi connectivity index (χ3n) is 5.86. The minimum atomic E-state index is 0.783. The van der Waals surface area contributed by atoms with E-state index in [0.29, 0.717) is 0 Å². The standard InChI is InChI=1S/C17H32N2/c1-2-17(14-7-5-8-14)19-12-6-11-16(13-19)18-15-9-3-4-10-15/h14-18H,2-13H2,1H3. The summed E-state index contributed by atoms with van der Waals surface area (Å²) in [6.45, 7) is 5.08. The molecule has 0 aromatic heterocycles. The van der Waals surface area contributed by atoms with Gasteiger partial charge in [0.15, 0.2) is 0 Å². The molecule has 0 bridgehead atoms. The van der Waals surface area contributed by atoms with E-state index in [2.05, 4.69) is 17.1 Å². The molecule has 2 atom stereocenters. The number of piperidine rings is 1. The molecular formula is C17H32N2. The van der Waals surface area contributed by atoms with Crippen LogP contribution in [0.3, 0.4) is 0 Å². The van der Waals surface area contributed by atoms with Gasteiger partial charge in [-0.3, -0.25) is 4.90 Å². The van der Waals surface area contributed by atoms with Crippen LogP contribution in [-0.2, 0) is 0 Å². The summed E-state index contributed by atoms with van der Waals surface area (Å²) in [5.74, 6) is 1.02. The Bertz CT molecular complexity index is 268. The molecule has 0 aromatic carbocycles. The van der Waals surface area contributed by atoms with Crippen LogP contribution in [-0.4, -0.2) is 36.1 Å². The maximum Gasteiger partial charge on any atom is 0.0198 e. The topological polar surface area (TPSA) is 15.3 Å². The second-order valence-corrected chi connectivity index (χ2v) is 7.15. The SMILES string of the molecule is CCC(C1CCC1)N1CCCC(NC2CCCC2)C1. The number of hydrogen-bond donors (Lipinski definition) is 1. The Morgan fingerprint density at radius 2 is 1.68 bits per heavy atom. The molecule has 0 aromatic rings. The Morgan fingerprint density at radius 3 is 2.32 bits per heavy atom. The first-order valence-electron chi connectivity index (χ1n) is 8.87. The van der Waals surface area contributed by atoms with Crippen LogP contribution in [0.4, 0.5) is 0 Å². The molecule has 1 heterocycles. The van der Waals surface area contributed by atoms with Gasteiger partial charge in [-0.05, 0) is 57.4 Å². The van der Waals surface area contributed by atoms with Crippen molar-refractivity contribution in [1.29, 1.82) is 0 Å². The first kappa shape index (κ1) is 13.9. The zero-order valence-electron chi connectivity index (χ0n) is 12.7. The average Bonchev–Trinajstić information content (AvgIpc) is 2.86. The first-order chi connectivity index (χ1) is 9.36. The van der Waals surface area contributed by atoms with Gasteiger partial charge in [0.05, 0.1) is 0 Å². The lowest BCUT2D eigenvalue weighted by Crippen LogP contribution is -2.53. The van der Waals surface area contributed by atoms with Crippen LogP contribution >= 0.6 is 0 Å². The van der Waals surface area contributed by atoms with Crippen LogP contribution in [0.2, 0.25) is 0 Å². The highest BCUT2D eigenvalue weighted by atomic mass is 15.2. The van der Waals surface area contributed by atoms with Gasteiger partial charge in [0.2, 0.25) is 0 Å². The normalized spacial score (nSPS) is 32.4. The van der Waals surface area contributed by atoms with Gasteiger partial charge in [0, 0.05) is 24.7 Å². The Labute approximate surface area is 119 Å². The van der Waals surface area contributed by atoms with E-state index in [1.54, 1.807) is 0 Å². The van der Waals surface area contributed by atoms with Gasteiger partial charge in [-0.25, -0.2) is 0 Å². The van der Waals surface area contributed by atoms with Crippen molar-refractivity contribution in [3.05, 3.63) is 0 Å². The molecule has 2 nitrogen and oxygen atoms in total. The lowest BCUT2D eigenvalue weighted by atomic mass is 9.77. The molecule has 0 amide bonds. The monoisotopic (exact) mass is 264 g/mol. The Balaban J connectivity index is 1.51. The smallest absolute Gasteiger partial charge is 0.0198 e. The van der Waals surface area contributed by atoms with Crippen molar-refractivity contribution in [1.82, 2.24) is 10.2 Å². The van der Waals surface area contributed by atoms with Gasteiger partial charge < -0.3 is 5.32 Å².